The van der Waals surface area contributed by atoms with E-state index in [1.54, 1.807) is 60.7 Å². The summed E-state index contributed by atoms with van der Waals surface area (Å²) >= 11 is 0. The molecule has 2 heterocycles. The summed E-state index contributed by atoms with van der Waals surface area (Å²) in [6, 6.07) is 16.6. The van der Waals surface area contributed by atoms with E-state index in [1.165, 1.54) is 0 Å². The van der Waals surface area contributed by atoms with Gasteiger partial charge in [0.2, 0.25) is 0 Å². The molecule has 0 atom stereocenters. The number of hydrogen-bond acceptors (Lipinski definition) is 7. The summed E-state index contributed by atoms with van der Waals surface area (Å²) in [7, 11) is -3.59. The van der Waals surface area contributed by atoms with Crippen LogP contribution in [0.2, 0.25) is 0 Å². The molecule has 1 fully saturated rings. The fraction of sp³-hybridized carbons (Fsp3) is 0.227. The van der Waals surface area contributed by atoms with Crippen molar-refractivity contribution in [2.24, 2.45) is 0 Å². The summed E-state index contributed by atoms with van der Waals surface area (Å²) in [5.41, 5.74) is 1.44. The number of amides is 1. The van der Waals surface area contributed by atoms with Crippen LogP contribution in [0, 0.1) is 0 Å². The fourth-order valence-electron chi connectivity index (χ4n) is 3.37. The number of nitrogens with zero attached hydrogens (tertiary/aromatic N) is 3. The third-order valence-corrected chi connectivity index (χ3v) is 6.60. The summed E-state index contributed by atoms with van der Waals surface area (Å²) in [6.07, 6.45) is -1.16. The first-order chi connectivity index (χ1) is 15.4. The predicted octanol–water partition coefficient (Wildman–Crippen LogP) is 3.04. The van der Waals surface area contributed by atoms with E-state index in [4.69, 9.17) is 9.84 Å². The van der Waals surface area contributed by atoms with Gasteiger partial charge in [0.05, 0.1) is 29.6 Å². The molecule has 0 aliphatic carbocycles. The Kier molecular flexibility index (Phi) is 6.33. The highest BCUT2D eigenvalue weighted by molar-refractivity contribution is 7.90. The van der Waals surface area contributed by atoms with Crippen LogP contribution in [-0.2, 0) is 20.3 Å². The number of carbonyl (C=O) groups is 1. The van der Waals surface area contributed by atoms with Gasteiger partial charge in [0, 0.05) is 30.4 Å². The molecule has 2 N–H and O–H groups in total. The monoisotopic (exact) mass is 454 g/mol. The molecule has 3 aromatic rings. The van der Waals surface area contributed by atoms with E-state index >= 15 is 0 Å². The van der Waals surface area contributed by atoms with Gasteiger partial charge in [-0.25, -0.2) is 23.2 Å². The van der Waals surface area contributed by atoms with E-state index in [1.807, 2.05) is 4.90 Å². The molecule has 0 unspecified atom stereocenters. The van der Waals surface area contributed by atoms with Gasteiger partial charge in [0.1, 0.15) is 5.82 Å². The smallest absolute Gasteiger partial charge is 0.409 e. The summed E-state index contributed by atoms with van der Waals surface area (Å²) in [4.78, 5) is 22.3. The molecule has 0 bridgehead atoms. The molecule has 2 aromatic carbocycles. The quantitative estimate of drug-likeness (QED) is 0.583. The van der Waals surface area contributed by atoms with Crippen molar-refractivity contribution >= 4 is 27.4 Å². The first-order valence-electron chi connectivity index (χ1n) is 9.99. The average molecular weight is 455 g/mol. The Hall–Kier alpha value is -3.50. The van der Waals surface area contributed by atoms with Crippen LogP contribution in [0.15, 0.2) is 65.6 Å². The van der Waals surface area contributed by atoms with Gasteiger partial charge in [-0.1, -0.05) is 18.2 Å². The minimum absolute atomic E-state index is 0.234. The lowest BCUT2D eigenvalue weighted by atomic mass is 10.2. The Morgan fingerprint density at radius 1 is 1.03 bits per heavy atom. The van der Waals surface area contributed by atoms with Gasteiger partial charge in [-0.05, 0) is 36.4 Å². The minimum atomic E-state index is -3.59. The summed E-state index contributed by atoms with van der Waals surface area (Å²) in [5, 5.41) is 11.1. The van der Waals surface area contributed by atoms with E-state index in [2.05, 4.69) is 15.3 Å². The molecule has 166 valence electrons. The second kappa shape index (κ2) is 9.33. The third-order valence-electron chi connectivity index (χ3n) is 4.94. The molecule has 1 saturated heterocycles. The molecule has 4 rings (SSSR count). The zero-order valence-electron chi connectivity index (χ0n) is 17.1. The van der Waals surface area contributed by atoms with Crippen LogP contribution in [-0.4, -0.2) is 55.9 Å². The number of hydrogen-bond donors (Lipinski definition) is 2. The molecule has 32 heavy (non-hydrogen) atoms. The molecule has 10 heteroatoms. The number of nitrogens with one attached hydrogen (secondary N) is 1. The van der Waals surface area contributed by atoms with Crippen LogP contribution in [0.25, 0.3) is 11.4 Å². The van der Waals surface area contributed by atoms with Crippen molar-refractivity contribution in [2.45, 2.75) is 10.6 Å². The molecular weight excluding hydrogens is 432 g/mol. The molecule has 0 radical (unpaired) electrons. The number of anilines is 2. The third kappa shape index (κ3) is 5.21. The van der Waals surface area contributed by atoms with Crippen LogP contribution in [0.3, 0.4) is 0 Å². The van der Waals surface area contributed by atoms with Crippen LogP contribution in [0.4, 0.5) is 16.3 Å². The van der Waals surface area contributed by atoms with Gasteiger partial charge in [0.15, 0.2) is 15.7 Å². The number of sulfone groups is 1. The van der Waals surface area contributed by atoms with Crippen molar-refractivity contribution in [2.75, 3.05) is 36.5 Å². The Balaban J connectivity index is 1.70. The van der Waals surface area contributed by atoms with Crippen molar-refractivity contribution in [3.05, 3.63) is 66.4 Å². The summed E-state index contributed by atoms with van der Waals surface area (Å²) in [6.45, 7) is 2.41. The standard InChI is InChI=1S/C22H22N4O5S/c27-22(28)24-17-8-6-16(7-9-17)21-23-18(14-20(25-21)26-10-12-31-13-11-26)15-32(29,30)19-4-2-1-3-5-19/h1-9,14,24H,10-13,15H2,(H,27,28). The zero-order chi connectivity index (χ0) is 22.6. The molecule has 0 spiro atoms. The van der Waals surface area contributed by atoms with E-state index < -0.39 is 15.9 Å². The largest absolute Gasteiger partial charge is 0.465 e. The summed E-state index contributed by atoms with van der Waals surface area (Å²) < 4.78 is 31.3. The topological polar surface area (TPSA) is 122 Å². The molecule has 1 amide bonds. The van der Waals surface area contributed by atoms with E-state index in [0.717, 1.165) is 0 Å². The number of benzene rings is 2. The van der Waals surface area contributed by atoms with Crippen molar-refractivity contribution in [3.8, 4) is 11.4 Å². The number of rotatable bonds is 6. The predicted molar refractivity (Wildman–Crippen MR) is 119 cm³/mol. The molecule has 1 aliphatic heterocycles. The lowest BCUT2D eigenvalue weighted by Gasteiger charge is -2.28. The number of aromatic nitrogens is 2. The van der Waals surface area contributed by atoms with E-state index in [9.17, 15) is 13.2 Å². The van der Waals surface area contributed by atoms with Crippen molar-refractivity contribution in [3.63, 3.8) is 0 Å². The van der Waals surface area contributed by atoms with Crippen molar-refractivity contribution in [1.29, 1.82) is 0 Å². The van der Waals surface area contributed by atoms with Gasteiger partial charge < -0.3 is 14.7 Å². The van der Waals surface area contributed by atoms with E-state index in [-0.39, 0.29) is 10.6 Å². The molecular formula is C22H22N4O5S. The fourth-order valence-corrected chi connectivity index (χ4v) is 4.65. The normalized spacial score (nSPS) is 14.2. The second-order valence-corrected chi connectivity index (χ2v) is 9.21. The maximum atomic E-state index is 12.9. The molecule has 1 aromatic heterocycles. The Labute approximate surface area is 185 Å². The highest BCUT2D eigenvalue weighted by Crippen LogP contribution is 2.25. The van der Waals surface area contributed by atoms with Gasteiger partial charge in [-0.15, -0.1) is 0 Å². The SMILES string of the molecule is O=C(O)Nc1ccc(-c2nc(CS(=O)(=O)c3ccccc3)cc(N3CCOCC3)n2)cc1. The maximum absolute atomic E-state index is 12.9. The molecule has 1 aliphatic rings. The van der Waals surface area contributed by atoms with Gasteiger partial charge in [0.25, 0.3) is 0 Å². The van der Waals surface area contributed by atoms with Gasteiger partial charge in [-0.3, -0.25) is 5.32 Å². The first kappa shape index (κ1) is 21.7. The number of carboxylic acid groups (broad SMARTS) is 1. The van der Waals surface area contributed by atoms with Crippen LogP contribution >= 0.6 is 0 Å². The van der Waals surface area contributed by atoms with Gasteiger partial charge >= 0.3 is 6.09 Å². The maximum Gasteiger partial charge on any atom is 0.409 e. The van der Waals surface area contributed by atoms with Crippen LogP contribution < -0.4 is 10.2 Å². The van der Waals surface area contributed by atoms with Gasteiger partial charge in [-0.2, -0.15) is 0 Å². The lowest BCUT2D eigenvalue weighted by molar-refractivity contribution is 0.122. The Bertz CT molecular complexity index is 1190. The number of ether oxygens (including phenoxy) is 1. The summed E-state index contributed by atoms with van der Waals surface area (Å²) in [5.74, 6) is 0.737. The highest BCUT2D eigenvalue weighted by atomic mass is 32.2. The first-order valence-corrected chi connectivity index (χ1v) is 11.6. The molecule has 9 nitrogen and oxygen atoms in total. The van der Waals surface area contributed by atoms with E-state index in [0.29, 0.717) is 54.9 Å². The number of morpholine rings is 1. The van der Waals surface area contributed by atoms with Crippen LogP contribution in [0.1, 0.15) is 5.69 Å². The minimum Gasteiger partial charge on any atom is -0.465 e. The van der Waals surface area contributed by atoms with Crippen molar-refractivity contribution < 1.29 is 23.1 Å². The average Bonchev–Trinajstić information content (AvgIpc) is 2.80. The highest BCUT2D eigenvalue weighted by Gasteiger charge is 2.20. The Morgan fingerprint density at radius 3 is 2.38 bits per heavy atom. The zero-order valence-corrected chi connectivity index (χ0v) is 18.0. The Morgan fingerprint density at radius 2 is 1.72 bits per heavy atom. The lowest BCUT2D eigenvalue weighted by Crippen LogP contribution is -2.37. The van der Waals surface area contributed by atoms with Crippen LogP contribution in [0.5, 0.6) is 0 Å². The second-order valence-electron chi connectivity index (χ2n) is 7.22. The van der Waals surface area contributed by atoms with Crippen molar-refractivity contribution in [1.82, 2.24) is 9.97 Å². The molecule has 0 saturated carbocycles.